The molecule has 0 bridgehead atoms. The van der Waals surface area contributed by atoms with E-state index in [1.807, 2.05) is 6.07 Å². The third kappa shape index (κ3) is 3.57. The fourth-order valence-electron chi connectivity index (χ4n) is 1.30. The maximum Gasteiger partial charge on any atom is 0.341 e. The summed E-state index contributed by atoms with van der Waals surface area (Å²) < 4.78 is 9.84. The first-order chi connectivity index (χ1) is 8.22. The summed E-state index contributed by atoms with van der Waals surface area (Å²) in [7, 11) is 1.61. The quantitative estimate of drug-likeness (QED) is 0.612. The summed E-state index contributed by atoms with van der Waals surface area (Å²) in [6.07, 6.45) is 2.85. The number of pyridine rings is 1. The molecule has 0 radical (unpaired) electrons. The topological polar surface area (TPSA) is 74.4 Å². The Morgan fingerprint density at radius 2 is 2.29 bits per heavy atom. The van der Waals surface area contributed by atoms with Crippen LogP contribution in [-0.4, -0.2) is 24.7 Å². The van der Waals surface area contributed by atoms with E-state index in [0.29, 0.717) is 18.9 Å². The van der Waals surface area contributed by atoms with Gasteiger partial charge in [-0.25, -0.2) is 4.79 Å². The van der Waals surface area contributed by atoms with Crippen LogP contribution in [0.25, 0.3) is 5.57 Å². The molecule has 17 heavy (non-hydrogen) atoms. The van der Waals surface area contributed by atoms with Gasteiger partial charge >= 0.3 is 5.97 Å². The fraction of sp³-hybridized carbons (Fsp3) is 0.333. The van der Waals surface area contributed by atoms with E-state index >= 15 is 0 Å². The van der Waals surface area contributed by atoms with E-state index in [1.165, 1.54) is 6.20 Å². The Morgan fingerprint density at radius 1 is 1.53 bits per heavy atom. The molecule has 5 nitrogen and oxygen atoms in total. The van der Waals surface area contributed by atoms with Crippen LogP contribution < -0.4 is 5.73 Å². The lowest BCUT2D eigenvalue weighted by Crippen LogP contribution is -2.09. The maximum atomic E-state index is 11.6. The molecule has 0 unspecified atom stereocenters. The number of nitrogens with zero attached hydrogens (tertiary/aromatic N) is 1. The first-order valence-corrected chi connectivity index (χ1v) is 5.26. The van der Waals surface area contributed by atoms with Gasteiger partial charge in [0.2, 0.25) is 0 Å². The van der Waals surface area contributed by atoms with Crippen molar-refractivity contribution in [3.8, 4) is 0 Å². The van der Waals surface area contributed by atoms with Crippen molar-refractivity contribution < 1.29 is 14.3 Å². The first-order valence-electron chi connectivity index (χ1n) is 5.26. The lowest BCUT2D eigenvalue weighted by atomic mass is 10.1. The van der Waals surface area contributed by atoms with Crippen LogP contribution in [-0.2, 0) is 20.9 Å². The second kappa shape index (κ2) is 6.65. The number of carbonyl (C=O) groups is 1. The Labute approximate surface area is 100 Å². The summed E-state index contributed by atoms with van der Waals surface area (Å²) in [5, 5.41) is 0. The summed E-state index contributed by atoms with van der Waals surface area (Å²) in [6.45, 7) is 2.52. The van der Waals surface area contributed by atoms with E-state index in [-0.39, 0.29) is 5.57 Å². The molecule has 0 aliphatic carbocycles. The number of nitrogens with two attached hydrogens (primary N) is 1. The molecule has 92 valence electrons. The Bertz CT molecular complexity index is 399. The number of rotatable bonds is 5. The Hall–Kier alpha value is -1.88. The summed E-state index contributed by atoms with van der Waals surface area (Å²) in [4.78, 5) is 15.7. The number of ether oxygens (including phenoxy) is 2. The third-order valence-electron chi connectivity index (χ3n) is 2.07. The van der Waals surface area contributed by atoms with Gasteiger partial charge in [0, 0.05) is 19.5 Å². The molecule has 1 aromatic rings. The predicted molar refractivity (Wildman–Crippen MR) is 63.7 cm³/mol. The van der Waals surface area contributed by atoms with Gasteiger partial charge in [0.15, 0.2) is 0 Å². The Balaban J connectivity index is 2.87. The summed E-state index contributed by atoms with van der Waals surface area (Å²) >= 11 is 0. The molecule has 0 amide bonds. The molecule has 1 rings (SSSR count). The van der Waals surface area contributed by atoms with Crippen molar-refractivity contribution in [3.05, 3.63) is 35.8 Å². The molecule has 2 N–H and O–H groups in total. The highest BCUT2D eigenvalue weighted by molar-refractivity contribution is 6.15. The molecule has 1 heterocycles. The van der Waals surface area contributed by atoms with Gasteiger partial charge in [-0.2, -0.15) is 0 Å². The third-order valence-corrected chi connectivity index (χ3v) is 2.07. The summed E-state index contributed by atoms with van der Waals surface area (Å²) in [5.74, 6) is -0.470. The molecule has 0 aliphatic heterocycles. The first kappa shape index (κ1) is 13.2. The number of aromatic nitrogens is 1. The maximum absolute atomic E-state index is 11.6. The zero-order chi connectivity index (χ0) is 12.7. The molecule has 0 fully saturated rings. The van der Waals surface area contributed by atoms with Crippen LogP contribution in [0, 0.1) is 0 Å². The second-order valence-corrected chi connectivity index (χ2v) is 3.29. The number of carbonyl (C=O) groups excluding carboxylic acids is 1. The minimum Gasteiger partial charge on any atom is -0.462 e. The fourth-order valence-corrected chi connectivity index (χ4v) is 1.30. The smallest absolute Gasteiger partial charge is 0.341 e. The van der Waals surface area contributed by atoms with Crippen LogP contribution in [0.1, 0.15) is 18.2 Å². The predicted octanol–water partition coefficient (Wildman–Crippen LogP) is 1.09. The normalized spacial score (nSPS) is 11.3. The second-order valence-electron chi connectivity index (χ2n) is 3.29. The largest absolute Gasteiger partial charge is 0.462 e. The average molecular weight is 236 g/mol. The van der Waals surface area contributed by atoms with Gasteiger partial charge < -0.3 is 15.2 Å². The van der Waals surface area contributed by atoms with Crippen molar-refractivity contribution in [1.29, 1.82) is 0 Å². The van der Waals surface area contributed by atoms with Crippen molar-refractivity contribution >= 4 is 11.5 Å². The molecule has 0 saturated heterocycles. The average Bonchev–Trinajstić information content (AvgIpc) is 2.33. The molecular formula is C12H16N2O3. The standard InChI is InChI=1S/C12H16N2O3/c1-3-17-12(15)10(6-13)11-5-4-9(7-14-11)8-16-2/h4-7H,3,8,13H2,1-2H3. The molecule has 0 saturated carbocycles. The Kier molecular flexibility index (Phi) is 5.16. The highest BCUT2D eigenvalue weighted by atomic mass is 16.5. The number of hydrogen-bond acceptors (Lipinski definition) is 5. The van der Waals surface area contributed by atoms with Crippen LogP contribution >= 0.6 is 0 Å². The van der Waals surface area contributed by atoms with Gasteiger partial charge in [-0.05, 0) is 18.6 Å². The zero-order valence-corrected chi connectivity index (χ0v) is 9.97. The van der Waals surface area contributed by atoms with Crippen molar-refractivity contribution in [3.63, 3.8) is 0 Å². The van der Waals surface area contributed by atoms with Gasteiger partial charge in [0.25, 0.3) is 0 Å². The summed E-state index contributed by atoms with van der Waals surface area (Å²) in [6, 6.07) is 3.54. The number of methoxy groups -OCH3 is 1. The van der Waals surface area contributed by atoms with E-state index in [4.69, 9.17) is 15.2 Å². The van der Waals surface area contributed by atoms with Crippen LogP contribution in [0.3, 0.4) is 0 Å². The molecule has 0 aliphatic rings. The van der Waals surface area contributed by atoms with E-state index in [2.05, 4.69) is 4.98 Å². The van der Waals surface area contributed by atoms with E-state index < -0.39 is 5.97 Å². The number of hydrogen-bond donors (Lipinski definition) is 1. The van der Waals surface area contributed by atoms with Crippen LogP contribution in [0.5, 0.6) is 0 Å². The van der Waals surface area contributed by atoms with Gasteiger partial charge in [-0.3, -0.25) is 4.98 Å². The van der Waals surface area contributed by atoms with Crippen LogP contribution in [0.2, 0.25) is 0 Å². The molecule has 0 aromatic carbocycles. The minimum atomic E-state index is -0.470. The van der Waals surface area contributed by atoms with Gasteiger partial charge in [-0.15, -0.1) is 0 Å². The van der Waals surface area contributed by atoms with Crippen molar-refractivity contribution in [1.82, 2.24) is 4.98 Å². The van der Waals surface area contributed by atoms with E-state index in [9.17, 15) is 4.79 Å². The molecule has 1 aromatic heterocycles. The highest BCUT2D eigenvalue weighted by Gasteiger charge is 2.13. The monoisotopic (exact) mass is 236 g/mol. The summed E-state index contributed by atoms with van der Waals surface area (Å²) in [5.41, 5.74) is 7.08. The van der Waals surface area contributed by atoms with Crippen LogP contribution in [0.15, 0.2) is 24.5 Å². The Morgan fingerprint density at radius 3 is 2.76 bits per heavy atom. The number of esters is 1. The lowest BCUT2D eigenvalue weighted by molar-refractivity contribution is -0.136. The molecule has 0 atom stereocenters. The van der Waals surface area contributed by atoms with Gasteiger partial charge in [-0.1, -0.05) is 6.07 Å². The molecule has 0 spiro atoms. The molecular weight excluding hydrogens is 220 g/mol. The van der Waals surface area contributed by atoms with Gasteiger partial charge in [0.05, 0.1) is 18.9 Å². The zero-order valence-electron chi connectivity index (χ0n) is 9.97. The van der Waals surface area contributed by atoms with Crippen LogP contribution in [0.4, 0.5) is 0 Å². The SMILES string of the molecule is CCOC(=O)C(=CN)c1ccc(COC)cn1. The molecule has 5 heteroatoms. The highest BCUT2D eigenvalue weighted by Crippen LogP contribution is 2.13. The van der Waals surface area contributed by atoms with Crippen molar-refractivity contribution in [2.45, 2.75) is 13.5 Å². The lowest BCUT2D eigenvalue weighted by Gasteiger charge is -2.06. The van der Waals surface area contributed by atoms with Crippen molar-refractivity contribution in [2.24, 2.45) is 5.73 Å². The van der Waals surface area contributed by atoms with Gasteiger partial charge in [0.1, 0.15) is 5.57 Å². The minimum absolute atomic E-state index is 0.260. The van der Waals surface area contributed by atoms with E-state index in [0.717, 1.165) is 5.56 Å². The van der Waals surface area contributed by atoms with E-state index in [1.54, 1.807) is 26.3 Å². The van der Waals surface area contributed by atoms with Crippen molar-refractivity contribution in [2.75, 3.05) is 13.7 Å².